The topological polar surface area (TPSA) is 70.9 Å². The van der Waals surface area contributed by atoms with Gasteiger partial charge >= 0.3 is 0 Å². The molecule has 0 radical (unpaired) electrons. The Balaban J connectivity index is 1.42. The van der Waals surface area contributed by atoms with E-state index in [1.807, 2.05) is 18.2 Å². The molecule has 0 atom stereocenters. The van der Waals surface area contributed by atoms with Crippen molar-refractivity contribution < 1.29 is 14.6 Å². The van der Waals surface area contributed by atoms with Crippen LogP contribution in [0.2, 0.25) is 10.0 Å². The van der Waals surface area contributed by atoms with E-state index in [2.05, 4.69) is 10.5 Å². The highest BCUT2D eigenvalue weighted by Gasteiger charge is 2.39. The van der Waals surface area contributed by atoms with Crippen LogP contribution >= 0.6 is 23.2 Å². The predicted molar refractivity (Wildman–Crippen MR) is 139 cm³/mol. The van der Waals surface area contributed by atoms with Gasteiger partial charge in [0.2, 0.25) is 0 Å². The molecule has 4 aromatic rings. The van der Waals surface area contributed by atoms with Crippen LogP contribution in [0.15, 0.2) is 108 Å². The Labute approximate surface area is 213 Å². The van der Waals surface area contributed by atoms with Crippen LogP contribution in [0.1, 0.15) is 22.3 Å². The van der Waals surface area contributed by atoms with Crippen LogP contribution in [-0.2, 0) is 17.0 Å². The van der Waals surface area contributed by atoms with Gasteiger partial charge in [-0.25, -0.2) is 5.43 Å². The summed E-state index contributed by atoms with van der Waals surface area (Å²) in [5, 5.41) is 16.6. The van der Waals surface area contributed by atoms with Crippen molar-refractivity contribution in [3.63, 3.8) is 0 Å². The molecule has 2 N–H and O–H groups in total. The Morgan fingerprint density at radius 3 is 2.06 bits per heavy atom. The zero-order chi connectivity index (χ0) is 24.7. The number of carbonyl (C=O) groups is 1. The van der Waals surface area contributed by atoms with E-state index in [4.69, 9.17) is 27.9 Å². The standard InChI is InChI=1S/C28H22Cl2N2O3/c29-24-14-13-21(26(30)17-24)19-35-25-15-11-20(12-16-25)18-31-32-27(33)28(34,22-7-3-1-4-8-22)23-9-5-2-6-10-23/h1-18,34H,19H2,(H,32,33)/b31-18-. The summed E-state index contributed by atoms with van der Waals surface area (Å²) in [4.78, 5) is 13.1. The first-order valence-corrected chi connectivity index (χ1v) is 11.6. The maximum Gasteiger partial charge on any atom is 0.281 e. The summed E-state index contributed by atoms with van der Waals surface area (Å²) in [5.41, 5.74) is 3.04. The molecule has 0 aliphatic carbocycles. The van der Waals surface area contributed by atoms with Gasteiger partial charge in [0.1, 0.15) is 12.4 Å². The third-order valence-electron chi connectivity index (χ3n) is 5.38. The lowest BCUT2D eigenvalue weighted by molar-refractivity contribution is -0.136. The zero-order valence-electron chi connectivity index (χ0n) is 18.6. The minimum absolute atomic E-state index is 0.303. The number of hydrazone groups is 1. The smallest absolute Gasteiger partial charge is 0.281 e. The average molecular weight is 505 g/mol. The lowest BCUT2D eigenvalue weighted by atomic mass is 9.85. The van der Waals surface area contributed by atoms with Gasteiger partial charge in [0.15, 0.2) is 5.60 Å². The second-order valence-corrected chi connectivity index (χ2v) is 8.58. The molecule has 4 aromatic carbocycles. The molecule has 176 valence electrons. The normalized spacial score (nSPS) is 11.4. The van der Waals surface area contributed by atoms with E-state index in [0.717, 1.165) is 11.1 Å². The van der Waals surface area contributed by atoms with Crippen LogP contribution in [-0.4, -0.2) is 17.2 Å². The van der Waals surface area contributed by atoms with Crippen LogP contribution in [0, 0.1) is 0 Å². The number of ether oxygens (including phenoxy) is 1. The zero-order valence-corrected chi connectivity index (χ0v) is 20.1. The Morgan fingerprint density at radius 1 is 0.886 bits per heavy atom. The Kier molecular flexibility index (Phi) is 7.83. The average Bonchev–Trinajstić information content (AvgIpc) is 2.89. The lowest BCUT2D eigenvalue weighted by Gasteiger charge is -2.27. The van der Waals surface area contributed by atoms with E-state index < -0.39 is 11.5 Å². The van der Waals surface area contributed by atoms with Crippen molar-refractivity contribution in [1.29, 1.82) is 0 Å². The molecule has 0 saturated carbocycles. The number of nitrogens with one attached hydrogen (secondary N) is 1. The highest BCUT2D eigenvalue weighted by molar-refractivity contribution is 6.35. The molecule has 0 spiro atoms. The molecule has 1 amide bonds. The number of hydrogen-bond acceptors (Lipinski definition) is 4. The largest absolute Gasteiger partial charge is 0.489 e. The summed E-state index contributed by atoms with van der Waals surface area (Å²) in [6.07, 6.45) is 1.49. The second kappa shape index (κ2) is 11.2. The highest BCUT2D eigenvalue weighted by Crippen LogP contribution is 2.30. The third-order valence-corrected chi connectivity index (χ3v) is 5.97. The van der Waals surface area contributed by atoms with Crippen molar-refractivity contribution in [3.05, 3.63) is 135 Å². The van der Waals surface area contributed by atoms with Gasteiger partial charge in [0, 0.05) is 15.6 Å². The molecule has 0 aromatic heterocycles. The van der Waals surface area contributed by atoms with Crippen molar-refractivity contribution in [1.82, 2.24) is 5.43 Å². The first kappa shape index (κ1) is 24.5. The maximum atomic E-state index is 13.1. The summed E-state index contributed by atoms with van der Waals surface area (Å²) >= 11 is 12.1. The predicted octanol–water partition coefficient (Wildman–Crippen LogP) is 5.96. The van der Waals surface area contributed by atoms with Gasteiger partial charge < -0.3 is 9.84 Å². The van der Waals surface area contributed by atoms with Crippen LogP contribution in [0.3, 0.4) is 0 Å². The molecule has 0 heterocycles. The van der Waals surface area contributed by atoms with E-state index in [-0.39, 0.29) is 0 Å². The van der Waals surface area contributed by atoms with Crippen molar-refractivity contribution in [2.24, 2.45) is 5.10 Å². The molecule has 4 rings (SSSR count). The van der Waals surface area contributed by atoms with Crippen molar-refractivity contribution in [2.45, 2.75) is 12.2 Å². The number of carbonyl (C=O) groups excluding carboxylic acids is 1. The summed E-state index contributed by atoms with van der Waals surface area (Å²) < 4.78 is 5.78. The summed E-state index contributed by atoms with van der Waals surface area (Å²) in [7, 11) is 0. The molecule has 0 saturated heterocycles. The summed E-state index contributed by atoms with van der Waals surface area (Å²) in [6.45, 7) is 0.303. The number of nitrogens with zero attached hydrogens (tertiary/aromatic N) is 1. The van der Waals surface area contributed by atoms with Gasteiger partial charge in [-0.15, -0.1) is 0 Å². The van der Waals surface area contributed by atoms with E-state index in [0.29, 0.717) is 33.5 Å². The van der Waals surface area contributed by atoms with E-state index in [1.165, 1.54) is 6.21 Å². The third kappa shape index (κ3) is 5.89. The molecule has 0 aliphatic rings. The molecule has 0 fully saturated rings. The highest BCUT2D eigenvalue weighted by atomic mass is 35.5. The molecule has 35 heavy (non-hydrogen) atoms. The minimum atomic E-state index is -1.89. The van der Waals surface area contributed by atoms with Gasteiger partial charge in [0.25, 0.3) is 5.91 Å². The van der Waals surface area contributed by atoms with Crippen molar-refractivity contribution in [2.75, 3.05) is 0 Å². The fourth-order valence-corrected chi connectivity index (χ4v) is 3.95. The molecule has 0 bridgehead atoms. The second-order valence-electron chi connectivity index (χ2n) is 7.74. The fraction of sp³-hybridized carbons (Fsp3) is 0.0714. The quantitative estimate of drug-likeness (QED) is 0.229. The number of rotatable bonds is 8. The minimum Gasteiger partial charge on any atom is -0.489 e. The fourth-order valence-electron chi connectivity index (χ4n) is 3.48. The molecule has 7 heteroatoms. The summed E-state index contributed by atoms with van der Waals surface area (Å²) in [5.74, 6) is -0.00863. The van der Waals surface area contributed by atoms with Crippen molar-refractivity contribution >= 4 is 35.3 Å². The first-order chi connectivity index (χ1) is 17.0. The van der Waals surface area contributed by atoms with Crippen LogP contribution < -0.4 is 10.2 Å². The molecule has 5 nitrogen and oxygen atoms in total. The summed E-state index contributed by atoms with van der Waals surface area (Å²) in [6, 6.07) is 30.0. The Bertz CT molecular complexity index is 1270. The van der Waals surface area contributed by atoms with Crippen LogP contribution in [0.4, 0.5) is 0 Å². The van der Waals surface area contributed by atoms with Crippen molar-refractivity contribution in [3.8, 4) is 5.75 Å². The van der Waals surface area contributed by atoms with Gasteiger partial charge in [0.05, 0.1) is 6.21 Å². The number of aliphatic hydroxyl groups is 1. The molecular formula is C28H22Cl2N2O3. The lowest BCUT2D eigenvalue weighted by Crippen LogP contribution is -2.43. The molecule has 0 aliphatic heterocycles. The number of hydrogen-bond donors (Lipinski definition) is 2. The van der Waals surface area contributed by atoms with Crippen LogP contribution in [0.5, 0.6) is 5.75 Å². The van der Waals surface area contributed by atoms with Gasteiger partial charge in [-0.1, -0.05) is 89.9 Å². The SMILES string of the molecule is O=C(N/N=C\c1ccc(OCc2ccc(Cl)cc2Cl)cc1)C(O)(c1ccccc1)c1ccccc1. The van der Waals surface area contributed by atoms with E-state index >= 15 is 0 Å². The number of halogens is 2. The Morgan fingerprint density at radius 2 is 1.49 bits per heavy atom. The van der Waals surface area contributed by atoms with Gasteiger partial charge in [-0.2, -0.15) is 5.10 Å². The number of amides is 1. The first-order valence-electron chi connectivity index (χ1n) is 10.8. The maximum absolute atomic E-state index is 13.1. The van der Waals surface area contributed by atoms with E-state index in [1.54, 1.807) is 84.9 Å². The van der Waals surface area contributed by atoms with Gasteiger partial charge in [-0.3, -0.25) is 4.79 Å². The Hall–Kier alpha value is -3.64. The van der Waals surface area contributed by atoms with Crippen LogP contribution in [0.25, 0.3) is 0 Å². The number of benzene rings is 4. The molecular weight excluding hydrogens is 483 g/mol. The molecule has 0 unspecified atom stereocenters. The monoisotopic (exact) mass is 504 g/mol. The van der Waals surface area contributed by atoms with Gasteiger partial charge in [-0.05, 0) is 53.1 Å². The van der Waals surface area contributed by atoms with E-state index in [9.17, 15) is 9.90 Å².